The highest BCUT2D eigenvalue weighted by molar-refractivity contribution is 6.31. The summed E-state index contributed by atoms with van der Waals surface area (Å²) in [6.07, 6.45) is 0. The number of pyridine rings is 1. The third kappa shape index (κ3) is 2.57. The molecule has 0 spiro atoms. The molecular formula is C7H6Cl2INO. The average Bonchev–Trinajstić information content (AvgIpc) is 1.85. The fourth-order valence-corrected chi connectivity index (χ4v) is 1.37. The summed E-state index contributed by atoms with van der Waals surface area (Å²) in [7, 11) is 0. The second-order valence-electron chi connectivity index (χ2n) is 2.03. The van der Waals surface area contributed by atoms with Crippen molar-refractivity contribution in [1.29, 1.82) is 0 Å². The van der Waals surface area contributed by atoms with Gasteiger partial charge in [0.1, 0.15) is 0 Å². The molecule has 0 fully saturated rings. The predicted molar refractivity (Wildman–Crippen MR) is 43.0 cm³/mol. The Morgan fingerprint density at radius 1 is 1.33 bits per heavy atom. The number of carbonyl (C=O) groups excluding carboxylic acids is 1. The van der Waals surface area contributed by atoms with Gasteiger partial charge in [-0.1, -0.05) is 0 Å². The third-order valence-electron chi connectivity index (χ3n) is 1.21. The van der Waals surface area contributed by atoms with Crippen molar-refractivity contribution < 1.29 is 33.3 Å². The van der Waals surface area contributed by atoms with E-state index in [9.17, 15) is 4.79 Å². The van der Waals surface area contributed by atoms with E-state index in [1.807, 2.05) is 0 Å². The minimum absolute atomic E-state index is 0. The molecule has 0 saturated carbocycles. The first kappa shape index (κ1) is 12.1. The van der Waals surface area contributed by atoms with Crippen molar-refractivity contribution in [2.24, 2.45) is 0 Å². The van der Waals surface area contributed by atoms with Gasteiger partial charge >= 0.3 is 5.91 Å². The second kappa shape index (κ2) is 4.99. The fraction of sp³-hybridized carbons (Fsp3) is 0.143. The van der Waals surface area contributed by atoms with E-state index in [2.05, 4.69) is 0 Å². The average molecular weight is 318 g/mol. The van der Waals surface area contributed by atoms with Crippen LogP contribution in [0.5, 0.6) is 0 Å². The van der Waals surface area contributed by atoms with Gasteiger partial charge in [0, 0.05) is 12.1 Å². The Bertz CT molecular complexity index is 283. The molecule has 0 radical (unpaired) electrons. The molecule has 0 aliphatic rings. The molecule has 0 bridgehead atoms. The number of nitrogens with zero attached hydrogens (tertiary/aromatic N) is 1. The van der Waals surface area contributed by atoms with E-state index in [0.29, 0.717) is 10.3 Å². The van der Waals surface area contributed by atoms with Gasteiger partial charge in [-0.3, -0.25) is 0 Å². The number of rotatable bonds is 0. The molecule has 0 aromatic carbocycles. The monoisotopic (exact) mass is 317 g/mol. The smallest absolute Gasteiger partial charge is 0.391 e. The lowest BCUT2D eigenvalue weighted by atomic mass is 10.5. The molecule has 1 aromatic heterocycles. The van der Waals surface area contributed by atoms with E-state index in [1.54, 1.807) is 18.2 Å². The molecule has 1 rings (SSSR count). The molecule has 0 aliphatic carbocycles. The summed E-state index contributed by atoms with van der Waals surface area (Å²) < 4.78 is 1.23. The van der Waals surface area contributed by atoms with Crippen LogP contribution < -0.4 is 28.5 Å². The van der Waals surface area contributed by atoms with Gasteiger partial charge in [-0.05, 0) is 29.3 Å². The van der Waals surface area contributed by atoms with Crippen molar-refractivity contribution >= 4 is 29.1 Å². The summed E-state index contributed by atoms with van der Waals surface area (Å²) in [5.41, 5.74) is 0. The van der Waals surface area contributed by atoms with Gasteiger partial charge in [0.2, 0.25) is 0 Å². The Labute approximate surface area is 97.5 Å². The molecule has 12 heavy (non-hydrogen) atoms. The minimum Gasteiger partial charge on any atom is -1.00 e. The van der Waals surface area contributed by atoms with Gasteiger partial charge in [-0.15, -0.1) is 4.57 Å². The van der Waals surface area contributed by atoms with Gasteiger partial charge in [-0.25, -0.2) is 4.79 Å². The van der Waals surface area contributed by atoms with Crippen LogP contribution in [-0.4, -0.2) is 5.91 Å². The summed E-state index contributed by atoms with van der Waals surface area (Å²) in [6.45, 7) is 1.40. The number of halogens is 3. The topological polar surface area (TPSA) is 20.9 Å². The first-order valence-corrected chi connectivity index (χ1v) is 3.75. The van der Waals surface area contributed by atoms with Crippen LogP contribution in [0.15, 0.2) is 18.2 Å². The zero-order valence-corrected chi connectivity index (χ0v) is 9.89. The highest BCUT2D eigenvalue weighted by Crippen LogP contribution is 2.06. The van der Waals surface area contributed by atoms with Gasteiger partial charge in [0.25, 0.3) is 10.3 Å². The molecule has 66 valence electrons. The largest absolute Gasteiger partial charge is 1.00 e. The van der Waals surface area contributed by atoms with Crippen LogP contribution in [0.2, 0.25) is 10.3 Å². The zero-order chi connectivity index (χ0) is 8.43. The van der Waals surface area contributed by atoms with E-state index in [4.69, 9.17) is 23.2 Å². The molecule has 0 N–H and O–H groups in total. The predicted octanol–water partition coefficient (Wildman–Crippen LogP) is -1.05. The van der Waals surface area contributed by atoms with Gasteiger partial charge in [0.15, 0.2) is 0 Å². The van der Waals surface area contributed by atoms with E-state index < -0.39 is 0 Å². The van der Waals surface area contributed by atoms with Crippen molar-refractivity contribution in [1.82, 2.24) is 0 Å². The first-order chi connectivity index (χ1) is 5.13. The molecular weight excluding hydrogens is 312 g/mol. The maximum absolute atomic E-state index is 10.9. The summed E-state index contributed by atoms with van der Waals surface area (Å²) >= 11 is 11.4. The number of aromatic nitrogens is 1. The van der Waals surface area contributed by atoms with Crippen LogP contribution in [-0.2, 0) is 0 Å². The van der Waals surface area contributed by atoms with E-state index in [0.717, 1.165) is 0 Å². The van der Waals surface area contributed by atoms with Crippen molar-refractivity contribution in [3.8, 4) is 0 Å². The number of hydrogen-bond donors (Lipinski definition) is 0. The van der Waals surface area contributed by atoms with Gasteiger partial charge in [0.05, 0.1) is 6.92 Å². The Morgan fingerprint density at radius 2 is 1.75 bits per heavy atom. The lowest BCUT2D eigenvalue weighted by Gasteiger charge is -1.92. The highest BCUT2D eigenvalue weighted by Gasteiger charge is 2.17. The molecule has 0 saturated heterocycles. The number of hydrogen-bond acceptors (Lipinski definition) is 1. The van der Waals surface area contributed by atoms with Crippen LogP contribution >= 0.6 is 23.2 Å². The van der Waals surface area contributed by atoms with E-state index >= 15 is 0 Å². The minimum atomic E-state index is -0.194. The molecule has 1 aromatic rings. The molecule has 0 amide bonds. The molecule has 0 unspecified atom stereocenters. The molecule has 2 nitrogen and oxygen atoms in total. The molecule has 5 heteroatoms. The molecule has 1 heterocycles. The maximum Gasteiger partial charge on any atom is 0.391 e. The lowest BCUT2D eigenvalue weighted by molar-refractivity contribution is -0.568. The van der Waals surface area contributed by atoms with Crippen LogP contribution in [0.1, 0.15) is 11.7 Å². The van der Waals surface area contributed by atoms with Crippen LogP contribution in [0, 0.1) is 0 Å². The summed E-state index contributed by atoms with van der Waals surface area (Å²) in [6, 6.07) is 4.90. The van der Waals surface area contributed by atoms with Crippen molar-refractivity contribution in [2.45, 2.75) is 6.92 Å². The Hall–Kier alpha value is 0.130. The SMILES string of the molecule is CC(=O)[n+]1c(Cl)cccc1Cl.[I-]. The highest BCUT2D eigenvalue weighted by atomic mass is 127. The van der Waals surface area contributed by atoms with Crippen molar-refractivity contribution in [2.75, 3.05) is 0 Å². The van der Waals surface area contributed by atoms with Crippen molar-refractivity contribution in [3.63, 3.8) is 0 Å². The summed E-state index contributed by atoms with van der Waals surface area (Å²) in [5, 5.41) is 0.648. The Morgan fingerprint density at radius 3 is 2.00 bits per heavy atom. The van der Waals surface area contributed by atoms with Crippen molar-refractivity contribution in [3.05, 3.63) is 28.5 Å². The van der Waals surface area contributed by atoms with Gasteiger partial charge in [-0.2, -0.15) is 0 Å². The number of carbonyl (C=O) groups is 1. The van der Waals surface area contributed by atoms with Crippen LogP contribution in [0.3, 0.4) is 0 Å². The second-order valence-corrected chi connectivity index (χ2v) is 2.80. The van der Waals surface area contributed by atoms with Crippen LogP contribution in [0.4, 0.5) is 0 Å². The normalized spacial score (nSPS) is 8.92. The zero-order valence-electron chi connectivity index (χ0n) is 6.22. The third-order valence-corrected chi connectivity index (χ3v) is 1.80. The lowest BCUT2D eigenvalue weighted by Crippen LogP contribution is -3.00. The first-order valence-electron chi connectivity index (χ1n) is 3.00. The summed E-state index contributed by atoms with van der Waals surface area (Å²) in [5.74, 6) is -0.194. The Kier molecular flexibility index (Phi) is 5.04. The quantitative estimate of drug-likeness (QED) is 0.340. The molecule has 0 atom stereocenters. The fourth-order valence-electron chi connectivity index (χ4n) is 0.759. The van der Waals surface area contributed by atoms with Crippen LogP contribution in [0.25, 0.3) is 0 Å². The standard InChI is InChI=1S/C7H6Cl2NO.HI/c1-5(11)10-6(8)3-2-4-7(10)9;/h2-4H,1H3;1H/q+1;/p-1. The molecule has 0 aliphatic heterocycles. The maximum atomic E-state index is 10.9. The Balaban J connectivity index is 0.00000121. The van der Waals surface area contributed by atoms with E-state index in [1.165, 1.54) is 11.5 Å². The van der Waals surface area contributed by atoms with Gasteiger partial charge < -0.3 is 24.0 Å². The van der Waals surface area contributed by atoms with E-state index in [-0.39, 0.29) is 29.9 Å². The summed E-state index contributed by atoms with van der Waals surface area (Å²) in [4.78, 5) is 10.9.